The van der Waals surface area contributed by atoms with Crippen LogP contribution in [0.4, 0.5) is 0 Å². The van der Waals surface area contributed by atoms with Crippen LogP contribution in [0.1, 0.15) is 32.1 Å². The van der Waals surface area contributed by atoms with Crippen molar-refractivity contribution in [3.8, 4) is 0 Å². The summed E-state index contributed by atoms with van der Waals surface area (Å²) in [7, 11) is 2.46. The zero-order valence-corrected chi connectivity index (χ0v) is 13.0. The zero-order chi connectivity index (χ0) is 10.4. The molecule has 2 aliphatic carbocycles. The van der Waals surface area contributed by atoms with Crippen LogP contribution in [-0.2, 0) is 21.9 Å². The van der Waals surface area contributed by atoms with Crippen molar-refractivity contribution < 1.29 is 102 Å². The van der Waals surface area contributed by atoms with Gasteiger partial charge in [-0.25, -0.2) is 0 Å². The second kappa shape index (κ2) is 14.8. The largest absolute Gasteiger partial charge is 0.481 e. The summed E-state index contributed by atoms with van der Waals surface area (Å²) in [6.45, 7) is 0. The van der Waals surface area contributed by atoms with Crippen LogP contribution < -0.4 is 0 Å². The Morgan fingerprint density at radius 3 is 1.94 bits per heavy atom. The smallest absolute Gasteiger partial charge is 0.310 e. The van der Waals surface area contributed by atoms with Crippen molar-refractivity contribution in [3.63, 3.8) is 0 Å². The number of rotatable bonds is 1. The molecule has 0 heterocycles. The van der Waals surface area contributed by atoms with E-state index in [9.17, 15) is 4.79 Å². The summed E-state index contributed by atoms with van der Waals surface area (Å²) < 4.78 is 0. The van der Waals surface area contributed by atoms with E-state index in [-0.39, 0.29) is 98.5 Å². The minimum absolute atomic E-state index is 0. The first-order valence-corrected chi connectivity index (χ1v) is 5.63. The van der Waals surface area contributed by atoms with Crippen LogP contribution in [-0.4, -0.2) is 11.1 Å². The van der Waals surface area contributed by atoms with Gasteiger partial charge in [0.2, 0.25) is 0 Å². The first kappa shape index (κ1) is 24.4. The Hall–Kier alpha value is 2.42. The summed E-state index contributed by atoms with van der Waals surface area (Å²) in [6, 6.07) is 0. The number of hydrogen-bond acceptors (Lipinski definition) is 1. The third-order valence-corrected chi connectivity index (χ3v) is 3.08. The predicted octanol–water partition coefficient (Wildman–Crippen LogP) is 2.96. The van der Waals surface area contributed by atoms with E-state index in [2.05, 4.69) is 21.4 Å². The van der Waals surface area contributed by atoms with Gasteiger partial charge in [-0.1, -0.05) is 18.2 Å². The molecule has 2 aliphatic rings. The number of allylic oxidation sites excluding steroid dienone is 3. The summed E-state index contributed by atoms with van der Waals surface area (Å²) in [4.78, 5) is 10.4. The molecule has 0 fully saturated rings. The van der Waals surface area contributed by atoms with Crippen molar-refractivity contribution >= 4 is 15.2 Å². The fraction of sp³-hybridized carbons (Fsp3) is 0.545. The van der Waals surface area contributed by atoms with E-state index in [1.807, 2.05) is 6.08 Å². The Balaban J connectivity index is -0.000000216. The van der Waals surface area contributed by atoms with Gasteiger partial charge in [-0.3, -0.25) is 4.79 Å². The van der Waals surface area contributed by atoms with Gasteiger partial charge >= 0.3 is 5.97 Å². The quantitative estimate of drug-likeness (QED) is 0.450. The van der Waals surface area contributed by atoms with Gasteiger partial charge in [0.15, 0.2) is 0 Å². The molecule has 0 aromatic carbocycles. The van der Waals surface area contributed by atoms with E-state index >= 15 is 0 Å². The monoisotopic (exact) mass is 348 g/mol. The van der Waals surface area contributed by atoms with Gasteiger partial charge in [0.05, 0.1) is 5.92 Å². The molecule has 17 heavy (non-hydrogen) atoms. The van der Waals surface area contributed by atoms with Gasteiger partial charge in [0.25, 0.3) is 0 Å². The summed E-state index contributed by atoms with van der Waals surface area (Å²) in [5, 5.41) is 9.46. The topological polar surface area (TPSA) is 37.3 Å². The van der Waals surface area contributed by atoms with Crippen molar-refractivity contribution in [2.45, 2.75) is 32.1 Å². The number of hydrogen-bond donors (Lipinski definition) is 1. The molecule has 0 spiro atoms. The number of aliphatic carboxylic acids is 1. The maximum Gasteiger partial charge on any atom is 0.310 e. The van der Waals surface area contributed by atoms with E-state index < -0.39 is 5.97 Å². The first-order chi connectivity index (χ1) is 6.72. The fourth-order valence-electron chi connectivity index (χ4n) is 1.58. The van der Waals surface area contributed by atoms with Gasteiger partial charge in [-0.15, -0.1) is 9.24 Å². The van der Waals surface area contributed by atoms with E-state index in [1.54, 1.807) is 0 Å². The van der Waals surface area contributed by atoms with Gasteiger partial charge < -0.3 is 5.11 Å². The molecule has 0 radical (unpaired) electrons. The summed E-state index contributed by atoms with van der Waals surface area (Å²) in [5.74, 6) is -0.927. The SMILES string of the molecule is C1=CCCC1.O=C(O)[C@@H]1CCC=C1P.[Ar].[Ar].[Fe]. The van der Waals surface area contributed by atoms with Crippen LogP contribution in [0.5, 0.6) is 0 Å². The van der Waals surface area contributed by atoms with Crippen LogP contribution in [0.2, 0.25) is 0 Å². The molecule has 0 bridgehead atoms. The molecule has 0 saturated carbocycles. The molecule has 2 nitrogen and oxygen atoms in total. The molecule has 2 atom stereocenters. The molecule has 0 amide bonds. The van der Waals surface area contributed by atoms with Crippen LogP contribution >= 0.6 is 9.24 Å². The van der Waals surface area contributed by atoms with Crippen LogP contribution in [0.15, 0.2) is 23.5 Å². The Bertz CT molecular complexity index is 264. The van der Waals surface area contributed by atoms with Gasteiger partial charge in [-0.05, 0) is 37.4 Å². The Labute approximate surface area is 176 Å². The zero-order valence-electron chi connectivity index (χ0n) is 9.34. The van der Waals surface area contributed by atoms with Crippen LogP contribution in [0.3, 0.4) is 0 Å². The average molecular weight is 348 g/mol. The van der Waals surface area contributed by atoms with Crippen LogP contribution in [0, 0.1) is 81.4 Å². The van der Waals surface area contributed by atoms with Gasteiger partial charge in [-0.2, -0.15) is 0 Å². The van der Waals surface area contributed by atoms with E-state index in [4.69, 9.17) is 5.11 Å². The van der Waals surface area contributed by atoms with Gasteiger partial charge in [0, 0.05) is 92.5 Å². The first-order valence-electron chi connectivity index (χ1n) is 5.05. The van der Waals surface area contributed by atoms with E-state index in [0.29, 0.717) is 0 Å². The van der Waals surface area contributed by atoms with Crippen molar-refractivity contribution in [2.24, 2.45) is 5.92 Å². The Morgan fingerprint density at radius 2 is 1.76 bits per heavy atom. The Kier molecular flexibility index (Phi) is 21.3. The minimum atomic E-state index is -0.700. The maximum absolute atomic E-state index is 10.4. The number of carboxylic acids is 1. The molecule has 0 aromatic rings. The second-order valence-electron chi connectivity index (χ2n) is 3.57. The number of carboxylic acid groups (broad SMARTS) is 1. The molecular formula is C11H17Ar2FeO2P. The molecular weight excluding hydrogens is 331 g/mol. The Morgan fingerprint density at radius 1 is 1.24 bits per heavy atom. The van der Waals surface area contributed by atoms with E-state index in [1.165, 1.54) is 19.3 Å². The minimum Gasteiger partial charge on any atom is -0.481 e. The summed E-state index contributed by atoms with van der Waals surface area (Å²) >= 11 is 0. The molecule has 2 rings (SSSR count). The fourth-order valence-corrected chi connectivity index (χ4v) is 2.06. The van der Waals surface area contributed by atoms with Crippen molar-refractivity contribution in [2.75, 3.05) is 0 Å². The molecule has 1 N–H and O–H groups in total. The average Bonchev–Trinajstić information content (AvgIpc) is 2.74. The normalized spacial score (nSPS) is 19.8. The standard InChI is InChI=1S/C6H9O2P.C5H8.2Ar.Fe/c7-6(8)4-2-1-3-5(4)9;1-2-4-5-3-1;;;/h3-4H,1-2,9H2,(H,7,8);1-2H,3-5H2;;;/t4-;;;;/m1..../s1. The number of carbonyl (C=O) groups is 1. The summed E-state index contributed by atoms with van der Waals surface area (Å²) in [6.07, 6.45) is 12.1. The third-order valence-electron chi connectivity index (χ3n) is 2.44. The summed E-state index contributed by atoms with van der Waals surface area (Å²) in [5.41, 5.74) is 0. The van der Waals surface area contributed by atoms with Gasteiger partial charge in [0.1, 0.15) is 0 Å². The van der Waals surface area contributed by atoms with E-state index in [0.717, 1.165) is 18.2 Å². The molecule has 102 valence electrons. The molecule has 0 aliphatic heterocycles. The van der Waals surface area contributed by atoms with Crippen molar-refractivity contribution in [1.29, 1.82) is 0 Å². The molecule has 1 unspecified atom stereocenters. The predicted molar refractivity (Wildman–Crippen MR) is 61.1 cm³/mol. The second-order valence-corrected chi connectivity index (χ2v) is 4.24. The van der Waals surface area contributed by atoms with Crippen molar-refractivity contribution in [1.82, 2.24) is 0 Å². The van der Waals surface area contributed by atoms with Crippen LogP contribution in [0.25, 0.3) is 0 Å². The molecule has 0 saturated heterocycles. The van der Waals surface area contributed by atoms with Crippen molar-refractivity contribution in [3.05, 3.63) is 23.5 Å². The third kappa shape index (κ3) is 10.8. The molecule has 0 aromatic heterocycles. The molecule has 6 heteroatoms. The maximum atomic E-state index is 10.4.